The lowest BCUT2D eigenvalue weighted by Gasteiger charge is -2.30. The van der Waals surface area contributed by atoms with Crippen LogP contribution in [0.4, 0.5) is 9.59 Å². The van der Waals surface area contributed by atoms with Gasteiger partial charge in [0.15, 0.2) is 0 Å². The van der Waals surface area contributed by atoms with Gasteiger partial charge in [-0.3, -0.25) is 9.59 Å². The molecular weight excluding hydrogens is 929 g/mol. The second-order valence-electron chi connectivity index (χ2n) is 20.2. The number of carbonyl (C=O) groups excluding carboxylic acids is 4. The molecule has 0 aliphatic carbocycles. The van der Waals surface area contributed by atoms with E-state index in [1.165, 1.54) is 16.3 Å². The summed E-state index contributed by atoms with van der Waals surface area (Å²) in [5.41, 5.74) is 10.2. The van der Waals surface area contributed by atoms with Crippen molar-refractivity contribution in [2.75, 3.05) is 13.1 Å². The highest BCUT2D eigenvalue weighted by Crippen LogP contribution is 2.41. The van der Waals surface area contributed by atoms with Gasteiger partial charge in [-0.05, 0) is 137 Å². The maximum Gasteiger partial charge on any atom is 0.413 e. The third kappa shape index (κ3) is 10.1. The van der Waals surface area contributed by atoms with E-state index in [0.29, 0.717) is 30.4 Å². The number of H-pyrrole nitrogens is 2. The Morgan fingerprint density at radius 1 is 0.581 bits per heavy atom. The highest BCUT2D eigenvalue weighted by molar-refractivity contribution is 6.09. The third-order valence-electron chi connectivity index (χ3n) is 14.5. The molecule has 0 unspecified atom stereocenters. The highest BCUT2D eigenvalue weighted by atomic mass is 16.6. The molecule has 4 heterocycles. The van der Waals surface area contributed by atoms with Gasteiger partial charge in [-0.2, -0.15) is 0 Å². The molecule has 2 aliphatic heterocycles. The maximum absolute atomic E-state index is 14.2. The zero-order chi connectivity index (χ0) is 51.6. The summed E-state index contributed by atoms with van der Waals surface area (Å²) in [4.78, 5) is 74.6. The molecular formula is C60H62N8O6. The molecule has 4 N–H and O–H groups in total. The van der Waals surface area contributed by atoms with Crippen molar-refractivity contribution < 1.29 is 28.7 Å². The Labute approximate surface area is 430 Å². The van der Waals surface area contributed by atoms with Crippen molar-refractivity contribution in [3.63, 3.8) is 0 Å². The van der Waals surface area contributed by atoms with E-state index in [1.807, 2.05) is 61.9 Å². The monoisotopic (exact) mass is 990 g/mol. The van der Waals surface area contributed by atoms with Crippen LogP contribution in [0.15, 0.2) is 134 Å². The second kappa shape index (κ2) is 21.1. The molecule has 14 nitrogen and oxygen atoms in total. The molecule has 2 saturated heterocycles. The van der Waals surface area contributed by atoms with Crippen molar-refractivity contribution in [1.29, 1.82) is 0 Å². The fraction of sp³-hybridized carbons (Fsp3) is 0.300. The van der Waals surface area contributed by atoms with Crippen molar-refractivity contribution in [3.05, 3.63) is 156 Å². The van der Waals surface area contributed by atoms with E-state index in [9.17, 15) is 19.2 Å². The summed E-state index contributed by atoms with van der Waals surface area (Å²) in [5, 5.41) is 8.00. The zero-order valence-electron chi connectivity index (χ0n) is 42.6. The van der Waals surface area contributed by atoms with Crippen LogP contribution in [0.2, 0.25) is 0 Å². The summed E-state index contributed by atoms with van der Waals surface area (Å²) in [6, 6.07) is 39.2. The number of nitrogens with one attached hydrogen (secondary N) is 4. The summed E-state index contributed by atoms with van der Waals surface area (Å²) in [6.07, 6.45) is 3.65. The number of likely N-dealkylation sites (tertiary alicyclic amines) is 2. The van der Waals surface area contributed by atoms with Crippen molar-refractivity contribution >= 4 is 45.8 Å². The summed E-state index contributed by atoms with van der Waals surface area (Å²) in [5.74, 6) is 1.60. The average molecular weight is 991 g/mol. The molecule has 10 rings (SSSR count). The van der Waals surface area contributed by atoms with Gasteiger partial charge in [0.25, 0.3) is 0 Å². The van der Waals surface area contributed by atoms with E-state index < -0.39 is 24.3 Å². The lowest BCUT2D eigenvalue weighted by molar-refractivity contribution is -0.136. The Bertz CT molecular complexity index is 3350. The van der Waals surface area contributed by atoms with Crippen LogP contribution in [0, 0.1) is 25.7 Å². The van der Waals surface area contributed by atoms with Crippen LogP contribution in [0.1, 0.15) is 88.2 Å². The number of rotatable bonds is 13. The SMILES string of the molecule is Cc1ccc(C)c2c(-c3ccc4nc([C@@H]5CCCN5C(=O)[C@@H](NC(=O)Oc5ccccc5)C(C)C)[nH]c4c3)ccc(-c3ccc(-c4cnc([C@@H]5CCCN5C(=O)[C@@H](NC(=O)Oc5ccccc5)C(C)C)[nH]4)cc3)c12. The number of hydrogen-bond acceptors (Lipinski definition) is 8. The largest absolute Gasteiger partial charge is 0.413 e. The van der Waals surface area contributed by atoms with Crippen molar-refractivity contribution in [1.82, 2.24) is 40.4 Å². The third-order valence-corrected chi connectivity index (χ3v) is 14.5. The van der Waals surface area contributed by atoms with Gasteiger partial charge in [0.05, 0.1) is 35.0 Å². The number of aromatic nitrogens is 4. The first kappa shape index (κ1) is 49.3. The molecule has 4 atom stereocenters. The van der Waals surface area contributed by atoms with Gasteiger partial charge in [0.2, 0.25) is 11.8 Å². The molecule has 2 aliphatic rings. The second-order valence-corrected chi connectivity index (χ2v) is 20.2. The van der Waals surface area contributed by atoms with Crippen molar-refractivity contribution in [2.24, 2.45) is 11.8 Å². The number of para-hydroxylation sites is 2. The van der Waals surface area contributed by atoms with E-state index in [-0.39, 0.29) is 35.7 Å². The summed E-state index contributed by atoms with van der Waals surface area (Å²) in [6.45, 7) is 13.1. The Morgan fingerprint density at radius 3 is 1.59 bits per heavy atom. The van der Waals surface area contributed by atoms with Gasteiger partial charge in [-0.15, -0.1) is 0 Å². The first-order valence-electron chi connectivity index (χ1n) is 25.7. The minimum atomic E-state index is -0.767. The van der Waals surface area contributed by atoms with Crippen LogP contribution in [-0.2, 0) is 9.59 Å². The quantitative estimate of drug-likeness (QED) is 0.0883. The molecule has 2 fully saturated rings. The van der Waals surface area contributed by atoms with E-state index in [2.05, 4.69) is 95.1 Å². The number of benzene rings is 6. The van der Waals surface area contributed by atoms with E-state index >= 15 is 0 Å². The molecule has 378 valence electrons. The van der Waals surface area contributed by atoms with Crippen LogP contribution in [-0.4, -0.2) is 78.9 Å². The molecule has 0 radical (unpaired) electrons. The number of aryl methyl sites for hydroxylation is 2. The Kier molecular flexibility index (Phi) is 14.0. The Balaban J connectivity index is 0.860. The average Bonchev–Trinajstić information content (AvgIpc) is 4.26. The summed E-state index contributed by atoms with van der Waals surface area (Å²) < 4.78 is 10.9. The van der Waals surface area contributed by atoms with Gasteiger partial charge >= 0.3 is 12.2 Å². The van der Waals surface area contributed by atoms with E-state index in [4.69, 9.17) is 19.4 Å². The minimum absolute atomic E-state index is 0.159. The van der Waals surface area contributed by atoms with Crippen LogP contribution in [0.25, 0.3) is 55.3 Å². The van der Waals surface area contributed by atoms with Gasteiger partial charge < -0.3 is 39.9 Å². The van der Waals surface area contributed by atoms with Crippen LogP contribution in [0.5, 0.6) is 11.5 Å². The molecule has 0 spiro atoms. The number of hydrogen-bond donors (Lipinski definition) is 4. The standard InChI is InChI=1S/C60H62N8O6/c1-35(2)53(65-59(71)73-42-15-9-7-10-16-42)57(69)67-31-13-19-49(67)55-61-34-48(64-55)40-25-23-39(24-26-40)44-28-29-45(52-38(6)22-21-37(5)51(44)52)41-27-30-46-47(33-41)63-56(62-46)50-20-14-32-68(50)58(70)54(36(3)4)66-60(72)74-43-17-11-8-12-18-43/h7-12,15-18,21-30,33-36,49-50,53-54H,13-14,19-20,31-32H2,1-6H3,(H,61,64)(H,62,63)(H,65,71)(H,66,72)/t49-,50-,53-,54-/m0/s1. The highest BCUT2D eigenvalue weighted by Gasteiger charge is 2.39. The number of carbonyl (C=O) groups is 4. The Hall–Kier alpha value is -8.26. The number of fused-ring (bicyclic) bond motifs is 2. The number of ether oxygens (including phenoxy) is 2. The molecule has 6 aromatic carbocycles. The smallest absolute Gasteiger partial charge is 0.410 e. The first-order valence-corrected chi connectivity index (χ1v) is 25.7. The fourth-order valence-corrected chi connectivity index (χ4v) is 10.7. The maximum atomic E-state index is 14.2. The predicted molar refractivity (Wildman–Crippen MR) is 287 cm³/mol. The van der Waals surface area contributed by atoms with Crippen LogP contribution in [0.3, 0.4) is 0 Å². The van der Waals surface area contributed by atoms with Crippen molar-refractivity contribution in [3.8, 4) is 45.0 Å². The number of amides is 4. The van der Waals surface area contributed by atoms with Gasteiger partial charge in [-0.1, -0.05) is 119 Å². The predicted octanol–water partition coefficient (Wildman–Crippen LogP) is 12.0. The molecule has 8 aromatic rings. The lowest BCUT2D eigenvalue weighted by Crippen LogP contribution is -2.51. The van der Waals surface area contributed by atoms with Crippen molar-refractivity contribution in [2.45, 2.75) is 91.4 Å². The molecule has 0 bridgehead atoms. The van der Waals surface area contributed by atoms with Gasteiger partial charge in [0, 0.05) is 13.1 Å². The number of imidazole rings is 2. The summed E-state index contributed by atoms with van der Waals surface area (Å²) in [7, 11) is 0. The normalized spacial score (nSPS) is 16.5. The molecule has 4 amide bonds. The van der Waals surface area contributed by atoms with E-state index in [0.717, 1.165) is 81.6 Å². The Morgan fingerprint density at radius 2 is 1.07 bits per heavy atom. The van der Waals surface area contributed by atoms with Gasteiger partial charge in [-0.25, -0.2) is 19.6 Å². The summed E-state index contributed by atoms with van der Waals surface area (Å²) >= 11 is 0. The molecule has 2 aromatic heterocycles. The minimum Gasteiger partial charge on any atom is -0.410 e. The lowest BCUT2D eigenvalue weighted by atomic mass is 9.87. The van der Waals surface area contributed by atoms with Crippen LogP contribution >= 0.6 is 0 Å². The topological polar surface area (TPSA) is 175 Å². The molecule has 14 heteroatoms. The first-order chi connectivity index (χ1) is 35.8. The van der Waals surface area contributed by atoms with Gasteiger partial charge in [0.1, 0.15) is 35.2 Å². The van der Waals surface area contributed by atoms with E-state index in [1.54, 1.807) is 48.5 Å². The zero-order valence-corrected chi connectivity index (χ0v) is 42.6. The number of aromatic amines is 2. The van der Waals surface area contributed by atoms with Crippen LogP contribution < -0.4 is 20.1 Å². The molecule has 74 heavy (non-hydrogen) atoms. The number of nitrogens with zero attached hydrogens (tertiary/aromatic N) is 4. The molecule has 0 saturated carbocycles. The fourth-order valence-electron chi connectivity index (χ4n) is 10.7.